The zero-order valence-electron chi connectivity index (χ0n) is 7.91. The van der Waals surface area contributed by atoms with Crippen LogP contribution in [0.15, 0.2) is 30.0 Å². The molecule has 0 fully saturated rings. The maximum absolute atomic E-state index is 12.9. The molecule has 1 heterocycles. The first kappa shape index (κ1) is 10.5. The second-order valence-electron chi connectivity index (χ2n) is 3.33. The minimum absolute atomic E-state index is 0.0857. The van der Waals surface area contributed by atoms with Crippen molar-refractivity contribution in [3.05, 3.63) is 41.4 Å². The third kappa shape index (κ3) is 2.13. The maximum Gasteiger partial charge on any atom is 0.130 e. The number of hydrogen-bond acceptors (Lipinski definition) is 2. The zero-order chi connectivity index (χ0) is 10.8. The summed E-state index contributed by atoms with van der Waals surface area (Å²) in [6.07, 6.45) is 1.47. The number of halogens is 2. The number of ether oxygens (including phenoxy) is 1. The largest absolute Gasteiger partial charge is 0.459 e. The number of hydrogen-bond donors (Lipinski definition) is 1. The molecule has 0 saturated carbocycles. The van der Waals surface area contributed by atoms with E-state index in [4.69, 9.17) is 16.3 Å². The van der Waals surface area contributed by atoms with Crippen LogP contribution in [0.5, 0.6) is 5.75 Å². The molecule has 1 atom stereocenters. The summed E-state index contributed by atoms with van der Waals surface area (Å²) >= 11 is 5.51. The van der Waals surface area contributed by atoms with Crippen LogP contribution in [0.25, 0.3) is 0 Å². The van der Waals surface area contributed by atoms with Crippen LogP contribution in [0.2, 0.25) is 0 Å². The quantitative estimate of drug-likeness (QED) is 0.787. The second kappa shape index (κ2) is 4.21. The molecule has 0 aliphatic carbocycles. The van der Waals surface area contributed by atoms with Crippen molar-refractivity contribution in [1.29, 1.82) is 0 Å². The number of aliphatic hydroxyl groups excluding tert-OH is 1. The predicted octanol–water partition coefficient (Wildman–Crippen LogP) is 2.24. The Morgan fingerprint density at radius 2 is 2.33 bits per heavy atom. The van der Waals surface area contributed by atoms with E-state index in [1.54, 1.807) is 12.1 Å². The first-order valence-electron chi connectivity index (χ1n) is 4.61. The Bertz CT molecular complexity index is 404. The first-order chi connectivity index (χ1) is 7.20. The van der Waals surface area contributed by atoms with E-state index in [1.807, 2.05) is 0 Å². The Morgan fingerprint density at radius 3 is 3.07 bits per heavy atom. The topological polar surface area (TPSA) is 29.5 Å². The summed E-state index contributed by atoms with van der Waals surface area (Å²) in [5, 5.41) is 9.46. The molecule has 0 radical (unpaired) electrons. The fraction of sp³-hybridized carbons (Fsp3) is 0.273. The van der Waals surface area contributed by atoms with Crippen LogP contribution in [0.4, 0.5) is 4.39 Å². The molecule has 0 saturated heterocycles. The lowest BCUT2D eigenvalue weighted by Gasteiger charge is -2.20. The molecule has 2 rings (SSSR count). The van der Waals surface area contributed by atoms with Gasteiger partial charge in [0.1, 0.15) is 23.4 Å². The number of fused-ring (bicyclic) bond motifs is 1. The van der Waals surface area contributed by atoms with Gasteiger partial charge in [-0.15, -0.1) is 11.6 Å². The van der Waals surface area contributed by atoms with E-state index in [-0.39, 0.29) is 11.7 Å². The second-order valence-corrected chi connectivity index (χ2v) is 3.64. The minimum Gasteiger partial charge on any atom is -0.459 e. The molecule has 2 nitrogen and oxygen atoms in total. The van der Waals surface area contributed by atoms with Crippen molar-refractivity contribution in [3.63, 3.8) is 0 Å². The molecule has 0 aromatic heterocycles. The third-order valence-corrected chi connectivity index (χ3v) is 2.54. The van der Waals surface area contributed by atoms with Crippen LogP contribution in [0.1, 0.15) is 5.56 Å². The Morgan fingerprint density at radius 1 is 1.53 bits per heavy atom. The van der Waals surface area contributed by atoms with Crippen molar-refractivity contribution in [3.8, 4) is 5.75 Å². The van der Waals surface area contributed by atoms with E-state index in [9.17, 15) is 9.50 Å². The van der Waals surface area contributed by atoms with Gasteiger partial charge in [-0.1, -0.05) is 0 Å². The van der Waals surface area contributed by atoms with E-state index in [0.717, 1.165) is 5.56 Å². The normalized spacial score (nSPS) is 16.3. The van der Waals surface area contributed by atoms with Crippen LogP contribution >= 0.6 is 11.6 Å². The van der Waals surface area contributed by atoms with Gasteiger partial charge in [0, 0.05) is 5.56 Å². The lowest BCUT2D eigenvalue weighted by atomic mass is 10.1. The van der Waals surface area contributed by atoms with Crippen LogP contribution in [-0.2, 0) is 6.42 Å². The summed E-state index contributed by atoms with van der Waals surface area (Å²) < 4.78 is 18.3. The minimum atomic E-state index is -0.801. The molecule has 4 heteroatoms. The molecular formula is C11H10ClFO2. The summed E-state index contributed by atoms with van der Waals surface area (Å²) in [4.78, 5) is 0. The van der Waals surface area contributed by atoms with Gasteiger partial charge in [-0.2, -0.15) is 0 Å². The van der Waals surface area contributed by atoms with E-state index in [0.29, 0.717) is 17.9 Å². The van der Waals surface area contributed by atoms with Crippen LogP contribution in [-0.4, -0.2) is 17.1 Å². The monoisotopic (exact) mass is 228 g/mol. The highest BCUT2D eigenvalue weighted by Crippen LogP contribution is 2.28. The van der Waals surface area contributed by atoms with Crippen molar-refractivity contribution >= 4 is 11.6 Å². The summed E-state index contributed by atoms with van der Waals surface area (Å²) in [6.45, 7) is 0. The molecule has 1 N–H and O–H groups in total. The van der Waals surface area contributed by atoms with Gasteiger partial charge in [-0.25, -0.2) is 4.39 Å². The molecule has 15 heavy (non-hydrogen) atoms. The van der Waals surface area contributed by atoms with E-state index >= 15 is 0 Å². The number of rotatable bonds is 2. The van der Waals surface area contributed by atoms with E-state index in [1.165, 1.54) is 12.1 Å². The number of allylic oxidation sites excluding steroid dienone is 1. The number of alkyl halides is 1. The fourth-order valence-corrected chi connectivity index (χ4v) is 1.62. The third-order valence-electron chi connectivity index (χ3n) is 2.25. The van der Waals surface area contributed by atoms with Crippen molar-refractivity contribution in [2.24, 2.45) is 0 Å². The molecule has 1 aliphatic rings. The summed E-state index contributed by atoms with van der Waals surface area (Å²) in [7, 11) is 0. The summed E-state index contributed by atoms with van der Waals surface area (Å²) in [5.74, 6) is 0.816. The molecule has 1 aromatic rings. The van der Waals surface area contributed by atoms with Gasteiger partial charge >= 0.3 is 0 Å². The Hall–Kier alpha value is -1.06. The van der Waals surface area contributed by atoms with Crippen LogP contribution in [0.3, 0.4) is 0 Å². The number of benzene rings is 1. The summed E-state index contributed by atoms with van der Waals surface area (Å²) in [6, 6.07) is 4.31. The highest BCUT2D eigenvalue weighted by molar-refractivity contribution is 6.18. The maximum atomic E-state index is 12.9. The van der Waals surface area contributed by atoms with Crippen molar-refractivity contribution in [1.82, 2.24) is 0 Å². The SMILES string of the molecule is O[C@@H](CCl)C1=CCc2cc(F)ccc2O1. The first-order valence-corrected chi connectivity index (χ1v) is 5.14. The van der Waals surface area contributed by atoms with Gasteiger partial charge < -0.3 is 9.84 Å². The van der Waals surface area contributed by atoms with Crippen LogP contribution < -0.4 is 4.74 Å². The molecule has 80 valence electrons. The Labute approximate surface area is 91.9 Å². The highest BCUT2D eigenvalue weighted by Gasteiger charge is 2.18. The van der Waals surface area contributed by atoms with Crippen molar-refractivity contribution < 1.29 is 14.2 Å². The zero-order valence-corrected chi connectivity index (χ0v) is 8.67. The standard InChI is InChI=1S/C11H10ClFO2/c12-6-9(14)11-3-1-7-5-8(13)2-4-10(7)15-11/h2-5,9,14H,1,6H2/t9-/m0/s1. The smallest absolute Gasteiger partial charge is 0.130 e. The van der Waals surface area contributed by atoms with Gasteiger partial charge in [0.25, 0.3) is 0 Å². The summed E-state index contributed by atoms with van der Waals surface area (Å²) in [5.41, 5.74) is 0.778. The molecular weight excluding hydrogens is 219 g/mol. The molecule has 0 spiro atoms. The van der Waals surface area contributed by atoms with Crippen LogP contribution in [0, 0.1) is 5.82 Å². The molecule has 0 amide bonds. The van der Waals surface area contributed by atoms with E-state index in [2.05, 4.69) is 0 Å². The average Bonchev–Trinajstić information content (AvgIpc) is 2.27. The molecule has 1 aliphatic heterocycles. The van der Waals surface area contributed by atoms with Crippen molar-refractivity contribution in [2.75, 3.05) is 5.88 Å². The lowest BCUT2D eigenvalue weighted by Crippen LogP contribution is -2.19. The molecule has 0 bridgehead atoms. The average molecular weight is 229 g/mol. The van der Waals surface area contributed by atoms with Gasteiger partial charge in [0.05, 0.1) is 5.88 Å². The molecule has 1 aromatic carbocycles. The van der Waals surface area contributed by atoms with Gasteiger partial charge in [0.2, 0.25) is 0 Å². The van der Waals surface area contributed by atoms with E-state index < -0.39 is 6.10 Å². The fourth-order valence-electron chi connectivity index (χ4n) is 1.47. The van der Waals surface area contributed by atoms with Crippen molar-refractivity contribution in [2.45, 2.75) is 12.5 Å². The Kier molecular flexibility index (Phi) is 2.93. The number of aliphatic hydroxyl groups is 1. The van der Waals surface area contributed by atoms with Gasteiger partial charge in [-0.3, -0.25) is 0 Å². The molecule has 0 unspecified atom stereocenters. The lowest BCUT2D eigenvalue weighted by molar-refractivity contribution is 0.177. The van der Waals surface area contributed by atoms with Gasteiger partial charge in [0.15, 0.2) is 0 Å². The Balaban J connectivity index is 2.23. The van der Waals surface area contributed by atoms with Gasteiger partial charge in [-0.05, 0) is 30.7 Å². The predicted molar refractivity (Wildman–Crippen MR) is 55.5 cm³/mol. The highest BCUT2D eigenvalue weighted by atomic mass is 35.5.